The van der Waals surface area contributed by atoms with Crippen LogP contribution >= 0.6 is 15.9 Å². The van der Waals surface area contributed by atoms with Gasteiger partial charge in [-0.2, -0.15) is 0 Å². The summed E-state index contributed by atoms with van der Waals surface area (Å²) >= 11 is 3.41. The van der Waals surface area contributed by atoms with Crippen molar-refractivity contribution in [3.05, 3.63) is 45.3 Å². The topological polar surface area (TPSA) is 55.1 Å². The van der Waals surface area contributed by atoms with E-state index in [-0.39, 0.29) is 5.91 Å². The van der Waals surface area contributed by atoms with Crippen LogP contribution in [0.1, 0.15) is 29.0 Å². The molecule has 0 aliphatic rings. The fourth-order valence-electron chi connectivity index (χ4n) is 2.08. The zero-order valence-electron chi connectivity index (χ0n) is 11.8. The van der Waals surface area contributed by atoms with Gasteiger partial charge in [-0.1, -0.05) is 21.1 Å². The summed E-state index contributed by atoms with van der Waals surface area (Å²) in [4.78, 5) is 12.0. The molecule has 0 aliphatic carbocycles. The van der Waals surface area contributed by atoms with Crippen molar-refractivity contribution < 1.29 is 9.32 Å². The highest BCUT2D eigenvalue weighted by molar-refractivity contribution is 9.10. The summed E-state index contributed by atoms with van der Waals surface area (Å²) in [5.41, 5.74) is 3.75. The van der Waals surface area contributed by atoms with Gasteiger partial charge in [-0.3, -0.25) is 4.79 Å². The van der Waals surface area contributed by atoms with Crippen molar-refractivity contribution in [2.45, 2.75) is 33.6 Å². The molecule has 2 rings (SSSR count). The van der Waals surface area contributed by atoms with E-state index >= 15 is 0 Å². The highest BCUT2D eigenvalue weighted by atomic mass is 79.9. The molecule has 0 aliphatic heterocycles. The lowest BCUT2D eigenvalue weighted by molar-refractivity contribution is -0.116. The molecule has 1 amide bonds. The van der Waals surface area contributed by atoms with Crippen LogP contribution in [0.2, 0.25) is 0 Å². The Morgan fingerprint density at radius 2 is 2.10 bits per heavy atom. The van der Waals surface area contributed by atoms with Crippen LogP contribution in [0.3, 0.4) is 0 Å². The van der Waals surface area contributed by atoms with Crippen LogP contribution in [-0.2, 0) is 11.2 Å². The average Bonchev–Trinajstić information content (AvgIpc) is 2.70. The Bertz CT molecular complexity index is 615. The van der Waals surface area contributed by atoms with Gasteiger partial charge in [-0.05, 0) is 51.0 Å². The number of carbonyl (C=O) groups is 1. The number of anilines is 1. The number of rotatable bonds is 4. The first kappa shape index (κ1) is 14.8. The van der Waals surface area contributed by atoms with E-state index in [9.17, 15) is 4.79 Å². The second kappa shape index (κ2) is 6.22. The minimum absolute atomic E-state index is 0.00424. The smallest absolute Gasteiger partial charge is 0.224 e. The molecule has 1 aromatic heterocycles. The van der Waals surface area contributed by atoms with Gasteiger partial charge in [0.15, 0.2) is 0 Å². The van der Waals surface area contributed by atoms with E-state index in [4.69, 9.17) is 4.52 Å². The van der Waals surface area contributed by atoms with E-state index in [1.165, 1.54) is 0 Å². The van der Waals surface area contributed by atoms with Crippen molar-refractivity contribution in [1.29, 1.82) is 0 Å². The molecule has 0 saturated heterocycles. The maximum Gasteiger partial charge on any atom is 0.224 e. The van der Waals surface area contributed by atoms with Crippen LogP contribution in [0.4, 0.5) is 5.69 Å². The first-order chi connectivity index (χ1) is 9.47. The molecule has 2 aromatic rings. The van der Waals surface area contributed by atoms with Crippen molar-refractivity contribution >= 4 is 27.5 Å². The standard InChI is InChI=1S/C15H17BrN2O2/c1-9-8-12(16)4-6-14(9)17-15(19)7-5-13-10(2)18-20-11(13)3/h4,6,8H,5,7H2,1-3H3,(H,17,19). The van der Waals surface area contributed by atoms with Gasteiger partial charge in [-0.25, -0.2) is 0 Å². The largest absolute Gasteiger partial charge is 0.361 e. The molecule has 1 aromatic carbocycles. The minimum Gasteiger partial charge on any atom is -0.361 e. The molecular formula is C15H17BrN2O2. The van der Waals surface area contributed by atoms with Gasteiger partial charge in [0, 0.05) is 22.1 Å². The zero-order valence-corrected chi connectivity index (χ0v) is 13.4. The molecule has 0 radical (unpaired) electrons. The van der Waals surface area contributed by atoms with Crippen molar-refractivity contribution in [3.63, 3.8) is 0 Å². The van der Waals surface area contributed by atoms with Gasteiger partial charge in [0.2, 0.25) is 5.91 Å². The third-order valence-corrected chi connectivity index (χ3v) is 3.74. The molecule has 5 heteroatoms. The summed E-state index contributed by atoms with van der Waals surface area (Å²) in [6.45, 7) is 5.73. The summed E-state index contributed by atoms with van der Waals surface area (Å²) in [7, 11) is 0. The number of amides is 1. The fraction of sp³-hybridized carbons (Fsp3) is 0.333. The normalized spacial score (nSPS) is 10.6. The molecular weight excluding hydrogens is 320 g/mol. The van der Waals surface area contributed by atoms with Crippen LogP contribution in [0.25, 0.3) is 0 Å². The second-order valence-electron chi connectivity index (χ2n) is 4.81. The number of aromatic nitrogens is 1. The van der Waals surface area contributed by atoms with Crippen LogP contribution in [0.15, 0.2) is 27.2 Å². The van der Waals surface area contributed by atoms with E-state index in [2.05, 4.69) is 26.4 Å². The Labute approximate surface area is 126 Å². The molecule has 1 heterocycles. The molecule has 0 atom stereocenters. The quantitative estimate of drug-likeness (QED) is 0.920. The van der Waals surface area contributed by atoms with E-state index in [1.54, 1.807) is 0 Å². The summed E-state index contributed by atoms with van der Waals surface area (Å²) in [5.74, 6) is 0.783. The number of benzene rings is 1. The molecule has 0 bridgehead atoms. The molecule has 0 saturated carbocycles. The number of nitrogens with one attached hydrogen (secondary N) is 1. The first-order valence-corrected chi connectivity index (χ1v) is 7.24. The number of hydrogen-bond acceptors (Lipinski definition) is 3. The van der Waals surface area contributed by atoms with E-state index in [0.29, 0.717) is 12.8 Å². The third kappa shape index (κ3) is 3.48. The number of hydrogen-bond donors (Lipinski definition) is 1. The lowest BCUT2D eigenvalue weighted by Crippen LogP contribution is -2.13. The molecule has 0 unspecified atom stereocenters. The zero-order chi connectivity index (χ0) is 14.7. The van der Waals surface area contributed by atoms with Crippen LogP contribution < -0.4 is 5.32 Å². The Hall–Kier alpha value is -1.62. The lowest BCUT2D eigenvalue weighted by atomic mass is 10.1. The molecule has 0 fully saturated rings. The number of carbonyl (C=O) groups excluding carboxylic acids is 1. The SMILES string of the molecule is Cc1cc(Br)ccc1NC(=O)CCc1c(C)noc1C. The van der Waals surface area contributed by atoms with Crippen LogP contribution in [0.5, 0.6) is 0 Å². The predicted octanol–water partition coefficient (Wildman–Crippen LogP) is 3.93. The van der Waals surface area contributed by atoms with Crippen molar-refractivity contribution in [3.8, 4) is 0 Å². The lowest BCUT2D eigenvalue weighted by Gasteiger charge is -2.08. The molecule has 1 N–H and O–H groups in total. The Morgan fingerprint density at radius 1 is 1.35 bits per heavy atom. The van der Waals surface area contributed by atoms with Crippen molar-refractivity contribution in [1.82, 2.24) is 5.16 Å². The van der Waals surface area contributed by atoms with Crippen molar-refractivity contribution in [2.24, 2.45) is 0 Å². The summed E-state index contributed by atoms with van der Waals surface area (Å²) in [5, 5.41) is 6.82. The predicted molar refractivity (Wildman–Crippen MR) is 81.8 cm³/mol. The van der Waals surface area contributed by atoms with E-state index in [1.807, 2.05) is 39.0 Å². The van der Waals surface area contributed by atoms with Gasteiger partial charge < -0.3 is 9.84 Å². The first-order valence-electron chi connectivity index (χ1n) is 6.45. The summed E-state index contributed by atoms with van der Waals surface area (Å²) < 4.78 is 6.09. The van der Waals surface area contributed by atoms with Crippen LogP contribution in [0, 0.1) is 20.8 Å². The maximum atomic E-state index is 12.0. The monoisotopic (exact) mass is 336 g/mol. The van der Waals surface area contributed by atoms with Gasteiger partial charge in [-0.15, -0.1) is 0 Å². The van der Waals surface area contributed by atoms with Crippen LogP contribution in [-0.4, -0.2) is 11.1 Å². The Morgan fingerprint density at radius 3 is 2.70 bits per heavy atom. The highest BCUT2D eigenvalue weighted by Crippen LogP contribution is 2.20. The third-order valence-electron chi connectivity index (χ3n) is 3.25. The molecule has 20 heavy (non-hydrogen) atoms. The van der Waals surface area contributed by atoms with Gasteiger partial charge in [0.25, 0.3) is 0 Å². The Balaban J connectivity index is 1.96. The summed E-state index contributed by atoms with van der Waals surface area (Å²) in [6, 6.07) is 5.79. The average molecular weight is 337 g/mol. The van der Waals surface area contributed by atoms with Gasteiger partial charge in [0.05, 0.1) is 5.69 Å². The van der Waals surface area contributed by atoms with E-state index < -0.39 is 0 Å². The number of halogens is 1. The van der Waals surface area contributed by atoms with Crippen molar-refractivity contribution in [2.75, 3.05) is 5.32 Å². The molecule has 0 spiro atoms. The maximum absolute atomic E-state index is 12.0. The number of aryl methyl sites for hydroxylation is 3. The summed E-state index contributed by atoms with van der Waals surface area (Å²) in [6.07, 6.45) is 1.06. The van der Waals surface area contributed by atoms with E-state index in [0.717, 1.165) is 32.7 Å². The highest BCUT2D eigenvalue weighted by Gasteiger charge is 2.11. The molecule has 4 nitrogen and oxygen atoms in total. The van der Waals surface area contributed by atoms with Gasteiger partial charge in [0.1, 0.15) is 5.76 Å². The fourth-order valence-corrected chi connectivity index (χ4v) is 2.55. The Kier molecular flexibility index (Phi) is 4.60. The minimum atomic E-state index is -0.00424. The van der Waals surface area contributed by atoms with Gasteiger partial charge >= 0.3 is 0 Å². The second-order valence-corrected chi connectivity index (χ2v) is 5.73. The molecule has 106 valence electrons. The number of nitrogens with zero attached hydrogens (tertiary/aromatic N) is 1.